The largest absolute Gasteiger partial charge is 0.507 e. The highest BCUT2D eigenvalue weighted by Gasteiger charge is 2.53. The zero-order valence-electron chi connectivity index (χ0n) is 17.7. The average molecular weight is 371 g/mol. The van der Waals surface area contributed by atoms with E-state index in [4.69, 9.17) is 0 Å². The van der Waals surface area contributed by atoms with Gasteiger partial charge in [0.05, 0.1) is 0 Å². The second kappa shape index (κ2) is 5.41. The van der Waals surface area contributed by atoms with Crippen molar-refractivity contribution in [1.82, 2.24) is 0 Å². The third kappa shape index (κ3) is 2.38. The molecular weight excluding hydrogens is 340 g/mol. The van der Waals surface area contributed by atoms with Gasteiger partial charge in [-0.1, -0.05) is 69.7 Å². The van der Waals surface area contributed by atoms with Crippen LogP contribution in [0.15, 0.2) is 48.5 Å². The van der Waals surface area contributed by atoms with Gasteiger partial charge in [0.15, 0.2) is 0 Å². The Morgan fingerprint density at radius 2 is 1.43 bits per heavy atom. The van der Waals surface area contributed by atoms with Crippen molar-refractivity contribution in [2.24, 2.45) is 10.8 Å². The van der Waals surface area contributed by atoms with Crippen molar-refractivity contribution in [3.05, 3.63) is 65.2 Å². The van der Waals surface area contributed by atoms with Crippen molar-refractivity contribution < 1.29 is 5.11 Å². The number of hydrogen-bond donors (Lipinski definition) is 1. The summed E-state index contributed by atoms with van der Waals surface area (Å²) in [4.78, 5) is 0. The summed E-state index contributed by atoms with van der Waals surface area (Å²) in [7, 11) is 0. The van der Waals surface area contributed by atoms with E-state index >= 15 is 0 Å². The Morgan fingerprint density at radius 3 is 2.14 bits per heavy atom. The van der Waals surface area contributed by atoms with Crippen molar-refractivity contribution >= 4 is 10.8 Å². The summed E-state index contributed by atoms with van der Waals surface area (Å²) in [5.41, 5.74) is 7.18. The Morgan fingerprint density at radius 1 is 0.750 bits per heavy atom. The molecule has 1 saturated carbocycles. The van der Waals surface area contributed by atoms with Gasteiger partial charge in [-0.2, -0.15) is 0 Å². The molecule has 1 spiro atoms. The summed E-state index contributed by atoms with van der Waals surface area (Å²) in [5.74, 6) is 0.422. The minimum Gasteiger partial charge on any atom is -0.507 e. The van der Waals surface area contributed by atoms with Crippen LogP contribution in [0.5, 0.6) is 5.75 Å². The first-order valence-corrected chi connectivity index (χ1v) is 10.5. The van der Waals surface area contributed by atoms with Crippen LogP contribution in [0.4, 0.5) is 0 Å². The summed E-state index contributed by atoms with van der Waals surface area (Å²) in [6.45, 7) is 11.8. The standard InChI is InChI=1S/C27H30O/c1-17-10-11-18-20(12-17)23(28)13-22-24(18)19-8-6-7-9-21(19)27(22)15-25(2,3)14-26(4,5)16-27/h6-13,28H,14-16H2,1-5H3. The summed E-state index contributed by atoms with van der Waals surface area (Å²) in [6, 6.07) is 17.6. The van der Waals surface area contributed by atoms with Gasteiger partial charge in [-0.3, -0.25) is 0 Å². The summed E-state index contributed by atoms with van der Waals surface area (Å²) < 4.78 is 0. The molecule has 0 aliphatic heterocycles. The SMILES string of the molecule is Cc1ccc2c3c(cc(O)c2c1)C1(CC(C)(C)CC(C)(C)C1)c1ccccc1-3. The second-order valence-electron chi connectivity index (χ2n) is 10.9. The number of fused-ring (bicyclic) bond motifs is 7. The van der Waals surface area contributed by atoms with Crippen LogP contribution in [-0.2, 0) is 5.41 Å². The lowest BCUT2D eigenvalue weighted by Gasteiger charge is -2.51. The highest BCUT2D eigenvalue weighted by molar-refractivity contribution is 6.05. The van der Waals surface area contributed by atoms with E-state index in [1.165, 1.54) is 39.6 Å². The lowest BCUT2D eigenvalue weighted by Crippen LogP contribution is -2.43. The zero-order chi connectivity index (χ0) is 19.9. The van der Waals surface area contributed by atoms with E-state index in [0.29, 0.717) is 5.75 Å². The Balaban J connectivity index is 1.91. The quantitative estimate of drug-likeness (QED) is 0.438. The minimum absolute atomic E-state index is 0.0201. The lowest BCUT2D eigenvalue weighted by molar-refractivity contribution is 0.0645. The smallest absolute Gasteiger partial charge is 0.123 e. The van der Waals surface area contributed by atoms with Crippen LogP contribution < -0.4 is 0 Å². The molecular formula is C27H30O. The Hall–Kier alpha value is -2.28. The number of hydrogen-bond acceptors (Lipinski definition) is 1. The fraction of sp³-hybridized carbons (Fsp3) is 0.407. The van der Waals surface area contributed by atoms with Gasteiger partial charge < -0.3 is 5.11 Å². The van der Waals surface area contributed by atoms with E-state index in [0.717, 1.165) is 18.2 Å². The van der Waals surface area contributed by atoms with Gasteiger partial charge in [0.1, 0.15) is 5.75 Å². The molecule has 1 fully saturated rings. The molecule has 0 bridgehead atoms. The molecule has 144 valence electrons. The van der Waals surface area contributed by atoms with Gasteiger partial charge in [0.2, 0.25) is 0 Å². The van der Waals surface area contributed by atoms with Crippen molar-refractivity contribution in [2.45, 2.75) is 59.3 Å². The maximum atomic E-state index is 11.0. The molecule has 0 saturated heterocycles. The summed E-state index contributed by atoms with van der Waals surface area (Å²) in [5, 5.41) is 13.2. The van der Waals surface area contributed by atoms with E-state index in [-0.39, 0.29) is 16.2 Å². The molecule has 0 unspecified atom stereocenters. The molecule has 3 aromatic carbocycles. The van der Waals surface area contributed by atoms with Crippen LogP contribution in [0.2, 0.25) is 0 Å². The third-order valence-electron chi connectivity index (χ3n) is 7.02. The van der Waals surface area contributed by atoms with Gasteiger partial charge in [-0.25, -0.2) is 0 Å². The lowest BCUT2D eigenvalue weighted by atomic mass is 9.52. The molecule has 0 amide bonds. The molecule has 0 atom stereocenters. The molecule has 2 aliphatic carbocycles. The van der Waals surface area contributed by atoms with E-state index in [1.54, 1.807) is 0 Å². The molecule has 1 nitrogen and oxygen atoms in total. The molecule has 0 aromatic heterocycles. The first-order valence-electron chi connectivity index (χ1n) is 10.5. The first kappa shape index (κ1) is 17.8. The zero-order valence-corrected chi connectivity index (χ0v) is 17.7. The topological polar surface area (TPSA) is 20.2 Å². The average Bonchev–Trinajstić information content (AvgIpc) is 2.82. The van der Waals surface area contributed by atoms with Gasteiger partial charge in [-0.05, 0) is 76.8 Å². The molecule has 5 rings (SSSR count). The predicted octanol–water partition coefficient (Wildman–Crippen LogP) is 7.36. The molecule has 28 heavy (non-hydrogen) atoms. The molecule has 0 radical (unpaired) electrons. The maximum Gasteiger partial charge on any atom is 0.123 e. The summed E-state index contributed by atoms with van der Waals surface area (Å²) in [6.07, 6.45) is 3.49. The number of aromatic hydroxyl groups is 1. The monoisotopic (exact) mass is 370 g/mol. The van der Waals surface area contributed by atoms with E-state index in [9.17, 15) is 5.11 Å². The highest BCUT2D eigenvalue weighted by atomic mass is 16.3. The Labute approximate surface area is 168 Å². The normalized spacial score (nSPS) is 20.9. The Bertz CT molecular complexity index is 1100. The van der Waals surface area contributed by atoms with Crippen LogP contribution >= 0.6 is 0 Å². The molecule has 0 heterocycles. The van der Waals surface area contributed by atoms with Gasteiger partial charge >= 0.3 is 0 Å². The van der Waals surface area contributed by atoms with Crippen molar-refractivity contribution in [3.63, 3.8) is 0 Å². The van der Waals surface area contributed by atoms with E-state index < -0.39 is 0 Å². The van der Waals surface area contributed by atoms with Crippen LogP contribution in [0.25, 0.3) is 21.9 Å². The van der Waals surface area contributed by atoms with Gasteiger partial charge in [-0.15, -0.1) is 0 Å². The number of benzene rings is 3. The van der Waals surface area contributed by atoms with Crippen LogP contribution in [0, 0.1) is 17.8 Å². The fourth-order valence-corrected chi connectivity index (χ4v) is 6.95. The van der Waals surface area contributed by atoms with Crippen LogP contribution in [-0.4, -0.2) is 5.11 Å². The highest BCUT2D eigenvalue weighted by Crippen LogP contribution is 2.64. The van der Waals surface area contributed by atoms with Crippen molar-refractivity contribution in [3.8, 4) is 16.9 Å². The van der Waals surface area contributed by atoms with Crippen LogP contribution in [0.3, 0.4) is 0 Å². The van der Waals surface area contributed by atoms with E-state index in [2.05, 4.69) is 83.1 Å². The van der Waals surface area contributed by atoms with Crippen molar-refractivity contribution in [1.29, 1.82) is 0 Å². The predicted molar refractivity (Wildman–Crippen MR) is 118 cm³/mol. The number of aryl methyl sites for hydroxylation is 1. The fourth-order valence-electron chi connectivity index (χ4n) is 6.95. The summed E-state index contributed by atoms with van der Waals surface area (Å²) >= 11 is 0. The third-order valence-corrected chi connectivity index (χ3v) is 7.02. The number of rotatable bonds is 0. The van der Waals surface area contributed by atoms with Gasteiger partial charge in [0.25, 0.3) is 0 Å². The van der Waals surface area contributed by atoms with E-state index in [1.807, 2.05) is 0 Å². The second-order valence-corrected chi connectivity index (χ2v) is 10.9. The number of phenols is 1. The van der Waals surface area contributed by atoms with Crippen molar-refractivity contribution in [2.75, 3.05) is 0 Å². The maximum absolute atomic E-state index is 11.0. The van der Waals surface area contributed by atoms with Crippen LogP contribution in [0.1, 0.15) is 63.6 Å². The minimum atomic E-state index is -0.0201. The number of phenolic OH excluding ortho intramolecular Hbond substituents is 1. The van der Waals surface area contributed by atoms with Gasteiger partial charge in [0, 0.05) is 10.8 Å². The molecule has 2 aliphatic rings. The first-order chi connectivity index (χ1) is 13.1. The Kier molecular flexibility index (Phi) is 3.44. The molecule has 1 heteroatoms. The molecule has 3 aromatic rings. The molecule has 1 N–H and O–H groups in total.